The zero-order valence-corrected chi connectivity index (χ0v) is 16.9. The fourth-order valence-electron chi connectivity index (χ4n) is 2.62. The minimum absolute atomic E-state index is 0.0613. The van der Waals surface area contributed by atoms with Crippen LogP contribution in [0.1, 0.15) is 47.0 Å². The number of nitrogens with one attached hydrogen (secondary N) is 1. The van der Waals surface area contributed by atoms with Gasteiger partial charge in [-0.1, -0.05) is 13.8 Å². The summed E-state index contributed by atoms with van der Waals surface area (Å²) in [5.41, 5.74) is 6.68. The van der Waals surface area contributed by atoms with Crippen molar-refractivity contribution in [1.82, 2.24) is 5.32 Å². The Hall–Kier alpha value is -1.58. The monoisotopic (exact) mass is 408 g/mol. The Kier molecular flexibility index (Phi) is 12.8. The predicted octanol–water partition coefficient (Wildman–Crippen LogP) is 1.85. The van der Waals surface area contributed by atoms with Crippen LogP contribution in [0.5, 0.6) is 0 Å². The molecule has 3 unspecified atom stereocenters. The van der Waals surface area contributed by atoms with E-state index in [-0.39, 0.29) is 30.1 Å². The lowest BCUT2D eigenvalue weighted by molar-refractivity contribution is -0.139. The van der Waals surface area contributed by atoms with Crippen molar-refractivity contribution in [2.24, 2.45) is 5.73 Å². The minimum Gasteiger partial charge on any atom is -0.463 e. The highest BCUT2D eigenvalue weighted by molar-refractivity contribution is 7.24. The number of rotatable bonds is 8. The third-order valence-corrected chi connectivity index (χ3v) is 4.00. The second-order valence-electron chi connectivity index (χ2n) is 5.85. The SMILES string of the molecule is CCOC(=O)C1=CC(OC(CC)CC)C(NC(C)=O)C(N)C1.O=P(=O)OO. The van der Waals surface area contributed by atoms with E-state index in [2.05, 4.69) is 9.99 Å². The van der Waals surface area contributed by atoms with Crippen LogP contribution in [0.2, 0.25) is 0 Å². The second-order valence-corrected chi connectivity index (χ2v) is 6.46. The maximum Gasteiger partial charge on any atom is 0.496 e. The van der Waals surface area contributed by atoms with E-state index in [1.807, 2.05) is 13.8 Å². The predicted molar refractivity (Wildman–Crippen MR) is 96.2 cm³/mol. The van der Waals surface area contributed by atoms with Crippen molar-refractivity contribution in [2.75, 3.05) is 6.61 Å². The second kappa shape index (κ2) is 13.6. The summed E-state index contributed by atoms with van der Waals surface area (Å²) in [5.74, 6) is -0.524. The van der Waals surface area contributed by atoms with E-state index >= 15 is 0 Å². The van der Waals surface area contributed by atoms with Crippen molar-refractivity contribution in [3.8, 4) is 0 Å². The van der Waals surface area contributed by atoms with Gasteiger partial charge in [0.2, 0.25) is 5.91 Å². The molecule has 0 aliphatic heterocycles. The van der Waals surface area contributed by atoms with Crippen LogP contribution in [-0.4, -0.2) is 48.0 Å². The van der Waals surface area contributed by atoms with Gasteiger partial charge in [-0.05, 0) is 32.3 Å². The highest BCUT2D eigenvalue weighted by Crippen LogP contribution is 2.24. The molecule has 0 fully saturated rings. The number of carbonyl (C=O) groups excluding carboxylic acids is 2. The number of nitrogens with two attached hydrogens (primary N) is 1. The molecule has 10 nitrogen and oxygen atoms in total. The average molecular weight is 408 g/mol. The highest BCUT2D eigenvalue weighted by atomic mass is 31.1. The summed E-state index contributed by atoms with van der Waals surface area (Å²) >= 11 is 0. The highest BCUT2D eigenvalue weighted by Gasteiger charge is 2.35. The molecule has 0 spiro atoms. The fourth-order valence-corrected chi connectivity index (χ4v) is 2.62. The molecule has 0 bridgehead atoms. The summed E-state index contributed by atoms with van der Waals surface area (Å²) in [6.45, 7) is 7.62. The topological polar surface area (TPSA) is 154 Å². The summed E-state index contributed by atoms with van der Waals surface area (Å²) in [7, 11) is -3.04. The van der Waals surface area contributed by atoms with Gasteiger partial charge in [0.05, 0.1) is 24.9 Å². The van der Waals surface area contributed by atoms with Gasteiger partial charge >= 0.3 is 13.9 Å². The molecular formula is C16H29N2O8P. The fraction of sp³-hybridized carbons (Fsp3) is 0.750. The van der Waals surface area contributed by atoms with Gasteiger partial charge < -0.3 is 20.5 Å². The first-order chi connectivity index (χ1) is 12.7. The van der Waals surface area contributed by atoms with E-state index in [9.17, 15) is 9.59 Å². The van der Waals surface area contributed by atoms with Crippen molar-refractivity contribution in [1.29, 1.82) is 0 Å². The Bertz CT molecular complexity index is 567. The Labute approximate surface area is 159 Å². The number of esters is 1. The normalized spacial score (nSPS) is 21.6. The lowest BCUT2D eigenvalue weighted by atomic mass is 9.88. The molecule has 1 aliphatic rings. The molecule has 0 aromatic carbocycles. The molecule has 1 aliphatic carbocycles. The minimum atomic E-state index is -3.04. The molecule has 0 saturated heterocycles. The van der Waals surface area contributed by atoms with Crippen LogP contribution in [0.25, 0.3) is 0 Å². The van der Waals surface area contributed by atoms with Crippen molar-refractivity contribution in [2.45, 2.75) is 71.2 Å². The molecule has 3 atom stereocenters. The van der Waals surface area contributed by atoms with E-state index in [0.29, 0.717) is 18.6 Å². The van der Waals surface area contributed by atoms with Gasteiger partial charge in [0.1, 0.15) is 0 Å². The molecule has 1 amide bonds. The number of carbonyl (C=O) groups is 2. The lowest BCUT2D eigenvalue weighted by Gasteiger charge is -2.36. The maximum atomic E-state index is 12.0. The van der Waals surface area contributed by atoms with Gasteiger partial charge in [0.15, 0.2) is 0 Å². The number of ether oxygens (including phenoxy) is 2. The van der Waals surface area contributed by atoms with Crippen LogP contribution in [0, 0.1) is 0 Å². The van der Waals surface area contributed by atoms with Crippen LogP contribution in [0.15, 0.2) is 11.6 Å². The largest absolute Gasteiger partial charge is 0.496 e. The molecule has 0 aromatic rings. The molecule has 27 heavy (non-hydrogen) atoms. The third kappa shape index (κ3) is 9.78. The summed E-state index contributed by atoms with van der Waals surface area (Å²) in [6, 6.07) is -0.719. The molecule has 156 valence electrons. The summed E-state index contributed by atoms with van der Waals surface area (Å²) < 4.78 is 31.7. The van der Waals surface area contributed by atoms with E-state index in [1.54, 1.807) is 13.0 Å². The van der Waals surface area contributed by atoms with Crippen LogP contribution in [0.3, 0.4) is 0 Å². The van der Waals surface area contributed by atoms with Crippen LogP contribution in [-0.2, 0) is 32.9 Å². The molecule has 0 saturated carbocycles. The van der Waals surface area contributed by atoms with E-state index in [1.165, 1.54) is 6.92 Å². The van der Waals surface area contributed by atoms with Gasteiger partial charge in [-0.15, -0.1) is 4.67 Å². The zero-order chi connectivity index (χ0) is 21.0. The summed E-state index contributed by atoms with van der Waals surface area (Å²) in [5, 5.41) is 9.89. The zero-order valence-electron chi connectivity index (χ0n) is 16.0. The van der Waals surface area contributed by atoms with Gasteiger partial charge in [0, 0.05) is 18.5 Å². The van der Waals surface area contributed by atoms with E-state index in [4.69, 9.17) is 29.6 Å². The Morgan fingerprint density at radius 3 is 2.30 bits per heavy atom. The summed E-state index contributed by atoms with van der Waals surface area (Å²) in [4.78, 5) is 23.4. The standard InChI is InChI=1S/C16H28N2O4.HO4P/c1-5-12(6-2)22-14-9-11(16(20)21-7-3)8-13(17)15(14)18-10(4)19;1-4-5(2)3/h9,12-15H,5-8,17H2,1-4H3,(H,18,19);1H. The average Bonchev–Trinajstić information content (AvgIpc) is 2.62. The maximum absolute atomic E-state index is 12.0. The molecule has 0 aromatic heterocycles. The molecule has 4 N–H and O–H groups in total. The molecule has 0 heterocycles. The van der Waals surface area contributed by atoms with Crippen molar-refractivity contribution in [3.63, 3.8) is 0 Å². The Morgan fingerprint density at radius 2 is 1.89 bits per heavy atom. The third-order valence-electron chi connectivity index (χ3n) is 3.87. The molecule has 11 heteroatoms. The lowest BCUT2D eigenvalue weighted by Crippen LogP contribution is -2.57. The van der Waals surface area contributed by atoms with Crippen LogP contribution < -0.4 is 11.1 Å². The molecular weight excluding hydrogens is 379 g/mol. The van der Waals surface area contributed by atoms with Crippen LogP contribution >= 0.6 is 7.91 Å². The first-order valence-corrected chi connectivity index (χ1v) is 9.81. The first-order valence-electron chi connectivity index (χ1n) is 8.71. The quantitative estimate of drug-likeness (QED) is 0.236. The van der Waals surface area contributed by atoms with Crippen LogP contribution in [0.4, 0.5) is 0 Å². The Balaban J connectivity index is 0.00000119. The first kappa shape index (κ1) is 25.4. The van der Waals surface area contributed by atoms with Crippen molar-refractivity contribution in [3.05, 3.63) is 11.6 Å². The van der Waals surface area contributed by atoms with Gasteiger partial charge in [0.25, 0.3) is 0 Å². The summed E-state index contributed by atoms with van der Waals surface area (Å²) in [6.07, 6.45) is 3.48. The van der Waals surface area contributed by atoms with Crippen molar-refractivity contribution >= 4 is 19.8 Å². The van der Waals surface area contributed by atoms with Gasteiger partial charge in [-0.2, -0.15) is 0 Å². The number of hydrogen-bond acceptors (Lipinski definition) is 9. The molecule has 0 radical (unpaired) electrons. The van der Waals surface area contributed by atoms with Gasteiger partial charge in [-0.25, -0.2) is 19.2 Å². The van der Waals surface area contributed by atoms with E-state index in [0.717, 1.165) is 12.8 Å². The van der Waals surface area contributed by atoms with E-state index < -0.39 is 14.0 Å². The number of hydrogen-bond donors (Lipinski definition) is 3. The van der Waals surface area contributed by atoms with Gasteiger partial charge in [-0.3, -0.25) is 4.79 Å². The number of amides is 1. The Morgan fingerprint density at radius 1 is 1.33 bits per heavy atom. The smallest absolute Gasteiger partial charge is 0.463 e. The molecule has 1 rings (SSSR count). The van der Waals surface area contributed by atoms with Crippen molar-refractivity contribution < 1.29 is 38.1 Å².